The summed E-state index contributed by atoms with van der Waals surface area (Å²) in [5.74, 6) is -0.412. The summed E-state index contributed by atoms with van der Waals surface area (Å²) in [7, 11) is 0. The Hall–Kier alpha value is -3.61. The molecule has 2 aromatic carbocycles. The molecular weight excluding hydrogens is 432 g/mol. The fraction of sp³-hybridized carbons (Fsp3) is 0.370. The van der Waals surface area contributed by atoms with E-state index in [4.69, 9.17) is 9.15 Å². The van der Waals surface area contributed by atoms with E-state index in [1.54, 1.807) is 25.1 Å². The second-order valence-electron chi connectivity index (χ2n) is 8.38. The molecule has 0 radical (unpaired) electrons. The number of nitrogens with one attached hydrogen (secondary N) is 2. The minimum absolute atomic E-state index is 0.117. The van der Waals surface area contributed by atoms with Gasteiger partial charge in [0, 0.05) is 23.2 Å². The molecule has 7 heteroatoms. The van der Waals surface area contributed by atoms with Crippen molar-refractivity contribution in [1.82, 2.24) is 5.32 Å². The van der Waals surface area contributed by atoms with Crippen molar-refractivity contribution in [3.05, 3.63) is 76.1 Å². The molecule has 3 aromatic rings. The van der Waals surface area contributed by atoms with E-state index < -0.39 is 23.7 Å². The molecule has 0 spiro atoms. The lowest BCUT2D eigenvalue weighted by atomic mass is 10.0. The molecule has 180 valence electrons. The lowest BCUT2D eigenvalue weighted by Gasteiger charge is -2.15. The number of unbranched alkanes of at least 4 members (excludes halogenated alkanes) is 4. The van der Waals surface area contributed by atoms with Crippen LogP contribution >= 0.6 is 0 Å². The van der Waals surface area contributed by atoms with Crippen LogP contribution in [0.25, 0.3) is 11.0 Å². The van der Waals surface area contributed by atoms with Crippen molar-refractivity contribution in [3.63, 3.8) is 0 Å². The van der Waals surface area contributed by atoms with Crippen LogP contribution in [0.2, 0.25) is 0 Å². The molecule has 2 N–H and O–H groups in total. The molecule has 1 aromatic heterocycles. The first kappa shape index (κ1) is 25.0. The van der Waals surface area contributed by atoms with Crippen molar-refractivity contribution >= 4 is 28.7 Å². The van der Waals surface area contributed by atoms with Crippen molar-refractivity contribution in [2.24, 2.45) is 0 Å². The summed E-state index contributed by atoms with van der Waals surface area (Å²) in [5.41, 5.74) is 2.31. The number of aryl methyl sites for hydroxylation is 1. The number of fused-ring (bicyclic) bond motifs is 1. The van der Waals surface area contributed by atoms with Gasteiger partial charge in [-0.05, 0) is 43.0 Å². The monoisotopic (exact) mass is 464 g/mol. The first-order valence-corrected chi connectivity index (χ1v) is 11.8. The van der Waals surface area contributed by atoms with Gasteiger partial charge in [-0.1, -0.05) is 62.9 Å². The maximum atomic E-state index is 12.5. The van der Waals surface area contributed by atoms with E-state index in [9.17, 15) is 14.4 Å². The number of alkyl carbamates (subject to hydrolysis) is 1. The van der Waals surface area contributed by atoms with Crippen LogP contribution in [0.3, 0.4) is 0 Å². The largest absolute Gasteiger partial charge is 0.445 e. The Kier molecular flexibility index (Phi) is 9.26. The third kappa shape index (κ3) is 7.47. The van der Waals surface area contributed by atoms with E-state index in [1.165, 1.54) is 19.3 Å². The molecule has 0 bridgehead atoms. The van der Waals surface area contributed by atoms with Gasteiger partial charge in [0.15, 0.2) is 0 Å². The second-order valence-corrected chi connectivity index (χ2v) is 8.38. The SMILES string of the molecule is CCCCCCCc1cc(=O)oc2cc(NC(=O)[C@H](C)NC(=O)OCc3ccccc3)ccc12. The fourth-order valence-corrected chi connectivity index (χ4v) is 3.69. The molecule has 0 unspecified atom stereocenters. The van der Waals surface area contributed by atoms with Gasteiger partial charge in [0.1, 0.15) is 18.2 Å². The lowest BCUT2D eigenvalue weighted by molar-refractivity contribution is -0.117. The average Bonchev–Trinajstić information content (AvgIpc) is 2.82. The summed E-state index contributed by atoms with van der Waals surface area (Å²) in [6.45, 7) is 3.86. The van der Waals surface area contributed by atoms with Gasteiger partial charge >= 0.3 is 11.7 Å². The van der Waals surface area contributed by atoms with Gasteiger partial charge in [-0.15, -0.1) is 0 Å². The Morgan fingerprint density at radius 1 is 1.00 bits per heavy atom. The zero-order valence-corrected chi connectivity index (χ0v) is 19.8. The van der Waals surface area contributed by atoms with Gasteiger partial charge in [0.05, 0.1) is 0 Å². The number of carbonyl (C=O) groups excluding carboxylic acids is 2. The molecule has 0 saturated heterocycles. The standard InChI is InChI=1S/C27H32N2O5/c1-3-4-5-6-10-13-21-16-25(30)34-24-17-22(14-15-23(21)24)29-26(31)19(2)28-27(32)33-18-20-11-8-7-9-12-20/h7-9,11-12,14-17,19H,3-6,10,13,18H2,1-2H3,(H,28,32)(H,29,31)/t19-/m0/s1. The zero-order valence-electron chi connectivity index (χ0n) is 19.8. The number of carbonyl (C=O) groups is 2. The molecule has 0 aliphatic heterocycles. The molecule has 1 atom stereocenters. The molecule has 0 aliphatic rings. The molecule has 2 amide bonds. The zero-order chi connectivity index (χ0) is 24.3. The Morgan fingerprint density at radius 2 is 1.76 bits per heavy atom. The van der Waals surface area contributed by atoms with Crippen molar-refractivity contribution in [2.75, 3.05) is 5.32 Å². The highest BCUT2D eigenvalue weighted by atomic mass is 16.5. The average molecular weight is 465 g/mol. The highest BCUT2D eigenvalue weighted by Crippen LogP contribution is 2.23. The number of hydrogen-bond acceptors (Lipinski definition) is 5. The first-order valence-electron chi connectivity index (χ1n) is 11.8. The number of anilines is 1. The molecular formula is C27H32N2O5. The predicted octanol–water partition coefficient (Wildman–Crippen LogP) is 5.56. The highest BCUT2D eigenvalue weighted by Gasteiger charge is 2.17. The van der Waals surface area contributed by atoms with Gasteiger partial charge < -0.3 is 19.8 Å². The smallest absolute Gasteiger partial charge is 0.408 e. The Labute approximate surface area is 199 Å². The molecule has 1 heterocycles. The molecule has 0 aliphatic carbocycles. The van der Waals surface area contributed by atoms with E-state index >= 15 is 0 Å². The summed E-state index contributed by atoms with van der Waals surface area (Å²) < 4.78 is 10.5. The Morgan fingerprint density at radius 3 is 2.53 bits per heavy atom. The molecule has 7 nitrogen and oxygen atoms in total. The summed E-state index contributed by atoms with van der Waals surface area (Å²) in [5, 5.41) is 6.13. The van der Waals surface area contributed by atoms with E-state index in [0.29, 0.717) is 11.3 Å². The summed E-state index contributed by atoms with van der Waals surface area (Å²) in [6, 6.07) is 15.3. The third-order valence-corrected chi connectivity index (χ3v) is 5.59. The Balaban J connectivity index is 1.57. The van der Waals surface area contributed by atoms with Crippen LogP contribution in [0, 0.1) is 0 Å². The van der Waals surface area contributed by atoms with Crippen molar-refractivity contribution < 1.29 is 18.7 Å². The van der Waals surface area contributed by atoms with Gasteiger partial charge in [-0.2, -0.15) is 0 Å². The van der Waals surface area contributed by atoms with E-state index in [0.717, 1.165) is 35.8 Å². The van der Waals surface area contributed by atoms with Crippen LogP contribution < -0.4 is 16.3 Å². The number of amides is 2. The van der Waals surface area contributed by atoms with Crippen LogP contribution in [-0.2, 0) is 22.6 Å². The van der Waals surface area contributed by atoms with Gasteiger partial charge in [0.25, 0.3) is 0 Å². The van der Waals surface area contributed by atoms with E-state index in [1.807, 2.05) is 36.4 Å². The molecule has 3 rings (SSSR count). The highest BCUT2D eigenvalue weighted by molar-refractivity contribution is 5.97. The van der Waals surface area contributed by atoms with E-state index in [-0.39, 0.29) is 6.61 Å². The van der Waals surface area contributed by atoms with Gasteiger partial charge in [0.2, 0.25) is 5.91 Å². The van der Waals surface area contributed by atoms with Crippen molar-refractivity contribution in [2.45, 2.75) is 65.0 Å². The third-order valence-electron chi connectivity index (χ3n) is 5.59. The first-order chi connectivity index (χ1) is 16.5. The number of ether oxygens (including phenoxy) is 1. The minimum Gasteiger partial charge on any atom is -0.445 e. The topological polar surface area (TPSA) is 97.6 Å². The number of hydrogen-bond donors (Lipinski definition) is 2. The van der Waals surface area contributed by atoms with E-state index in [2.05, 4.69) is 17.6 Å². The van der Waals surface area contributed by atoms with Crippen molar-refractivity contribution in [3.8, 4) is 0 Å². The normalized spacial score (nSPS) is 11.7. The number of benzene rings is 2. The molecule has 0 saturated carbocycles. The maximum Gasteiger partial charge on any atom is 0.408 e. The lowest BCUT2D eigenvalue weighted by Crippen LogP contribution is -2.41. The number of rotatable bonds is 11. The second kappa shape index (κ2) is 12.6. The fourth-order valence-electron chi connectivity index (χ4n) is 3.69. The van der Waals surface area contributed by atoms with Crippen LogP contribution in [0.1, 0.15) is 57.1 Å². The maximum absolute atomic E-state index is 12.5. The minimum atomic E-state index is -0.819. The molecule has 0 fully saturated rings. The van der Waals surface area contributed by atoms with Crippen LogP contribution in [0.15, 0.2) is 63.8 Å². The summed E-state index contributed by atoms with van der Waals surface area (Å²) in [4.78, 5) is 36.6. The van der Waals surface area contributed by atoms with Crippen LogP contribution in [0.5, 0.6) is 0 Å². The van der Waals surface area contributed by atoms with Crippen molar-refractivity contribution in [1.29, 1.82) is 0 Å². The quantitative estimate of drug-likeness (QED) is 0.286. The molecule has 34 heavy (non-hydrogen) atoms. The van der Waals surface area contributed by atoms with Gasteiger partial charge in [-0.25, -0.2) is 9.59 Å². The van der Waals surface area contributed by atoms with Crippen LogP contribution in [-0.4, -0.2) is 18.0 Å². The Bertz CT molecular complexity index is 1160. The summed E-state index contributed by atoms with van der Waals surface area (Å²) >= 11 is 0. The summed E-state index contributed by atoms with van der Waals surface area (Å²) in [6.07, 6.45) is 5.87. The van der Waals surface area contributed by atoms with Crippen LogP contribution in [0.4, 0.5) is 10.5 Å². The predicted molar refractivity (Wildman–Crippen MR) is 133 cm³/mol. The van der Waals surface area contributed by atoms with Gasteiger partial charge in [-0.3, -0.25) is 4.79 Å².